The fraction of sp³-hybridized carbons (Fsp3) is 0.417. The lowest BCUT2D eigenvalue weighted by Gasteiger charge is -2.44. The number of Topliss-reactive ketones (excluding diaryl/α,β-unsaturated/α-hetero) is 1. The van der Waals surface area contributed by atoms with E-state index in [1.54, 1.807) is 0 Å². The Morgan fingerprint density at radius 2 is 1.78 bits per heavy atom. The van der Waals surface area contributed by atoms with E-state index in [1.165, 1.54) is 23.1 Å². The van der Waals surface area contributed by atoms with Crippen molar-refractivity contribution in [3.8, 4) is 0 Å². The molecule has 1 aliphatic heterocycles. The predicted molar refractivity (Wildman–Crippen MR) is 117 cm³/mol. The molecule has 0 saturated heterocycles. The first kappa shape index (κ1) is 22.6. The highest BCUT2D eigenvalue weighted by Crippen LogP contribution is 2.50. The molecule has 1 saturated carbocycles. The van der Waals surface area contributed by atoms with E-state index in [4.69, 9.17) is 11.6 Å². The minimum atomic E-state index is -4.88. The van der Waals surface area contributed by atoms with E-state index in [0.717, 1.165) is 22.3 Å². The number of benzene rings is 2. The molecular formula is C24H24ClF3N2O2. The maximum absolute atomic E-state index is 14.5. The third-order valence-electron chi connectivity index (χ3n) is 6.39. The molecule has 4 rings (SSSR count). The number of hydrogen-bond donors (Lipinski definition) is 1. The molecule has 32 heavy (non-hydrogen) atoms. The third kappa shape index (κ3) is 3.87. The highest BCUT2D eigenvalue weighted by Gasteiger charge is 2.62. The number of carbonyl (C=O) groups excluding carboxylic acids is 2. The second kappa shape index (κ2) is 7.80. The van der Waals surface area contributed by atoms with Gasteiger partial charge in [-0.1, -0.05) is 29.3 Å². The molecule has 0 radical (unpaired) electrons. The Bertz CT molecular complexity index is 1090. The number of nitrogens with one attached hydrogen (secondary N) is 1. The molecule has 8 heteroatoms. The van der Waals surface area contributed by atoms with Gasteiger partial charge in [-0.3, -0.25) is 9.69 Å². The summed E-state index contributed by atoms with van der Waals surface area (Å²) >= 11 is 6.09. The number of ketones is 1. The zero-order valence-corrected chi connectivity index (χ0v) is 18.8. The molecule has 170 valence electrons. The highest BCUT2D eigenvalue weighted by atomic mass is 35.5. The Balaban J connectivity index is 1.84. The Kier molecular flexibility index (Phi) is 5.52. The Morgan fingerprint density at radius 3 is 2.34 bits per heavy atom. The summed E-state index contributed by atoms with van der Waals surface area (Å²) in [5.41, 5.74) is 0.920. The molecule has 0 bridgehead atoms. The maximum atomic E-state index is 14.5. The van der Waals surface area contributed by atoms with Gasteiger partial charge in [0.15, 0.2) is 5.54 Å². The van der Waals surface area contributed by atoms with Gasteiger partial charge in [0.1, 0.15) is 5.78 Å². The van der Waals surface area contributed by atoms with E-state index in [1.807, 2.05) is 32.9 Å². The van der Waals surface area contributed by atoms with E-state index >= 15 is 0 Å². The molecule has 1 fully saturated rings. The van der Waals surface area contributed by atoms with Crippen LogP contribution >= 0.6 is 11.6 Å². The van der Waals surface area contributed by atoms with Crippen molar-refractivity contribution in [2.75, 3.05) is 4.90 Å². The van der Waals surface area contributed by atoms with Crippen molar-refractivity contribution in [3.05, 3.63) is 63.2 Å². The Morgan fingerprint density at radius 1 is 1.16 bits per heavy atom. The fourth-order valence-corrected chi connectivity index (χ4v) is 4.73. The number of nitrogens with zero attached hydrogens (tertiary/aromatic N) is 1. The largest absolute Gasteiger partial charge is 0.416 e. The molecule has 0 unspecified atom stereocenters. The topological polar surface area (TPSA) is 49.4 Å². The summed E-state index contributed by atoms with van der Waals surface area (Å²) in [6.45, 7) is 5.88. The Labute approximate surface area is 189 Å². The number of alkyl halides is 3. The number of aryl methyl sites for hydroxylation is 3. The first-order chi connectivity index (χ1) is 14.9. The van der Waals surface area contributed by atoms with Crippen molar-refractivity contribution in [2.24, 2.45) is 5.92 Å². The van der Waals surface area contributed by atoms with Gasteiger partial charge in [-0.15, -0.1) is 0 Å². The quantitative estimate of drug-likeness (QED) is 0.579. The lowest BCUT2D eigenvalue weighted by Crippen LogP contribution is -2.63. The summed E-state index contributed by atoms with van der Waals surface area (Å²) in [4.78, 5) is 27.0. The van der Waals surface area contributed by atoms with Gasteiger partial charge >= 0.3 is 12.2 Å². The molecule has 0 aromatic heterocycles. The monoisotopic (exact) mass is 464 g/mol. The van der Waals surface area contributed by atoms with Crippen LogP contribution in [0.4, 0.5) is 23.7 Å². The molecular weight excluding hydrogens is 441 g/mol. The number of halogens is 4. The van der Waals surface area contributed by atoms with E-state index in [0.29, 0.717) is 12.8 Å². The standard InChI is InChI=1S/C24H24ClF3N2O2/c1-13-8-14(2)18(15(3)9-13)12-30-20-7-6-17(25)10-19(20)23(24(26,27)28,29-22(30)32)11-21(31)16-4-5-16/h6-10,16H,4-5,11-12H2,1-3H3,(H,29,32)/t23-/m0/s1. The zero-order chi connectivity index (χ0) is 23.4. The van der Waals surface area contributed by atoms with Gasteiger partial charge in [0, 0.05) is 22.9 Å². The summed E-state index contributed by atoms with van der Waals surface area (Å²) in [5, 5.41) is 2.28. The SMILES string of the molecule is Cc1cc(C)c(CN2C(=O)N[C@](CC(=O)C3CC3)(C(F)(F)F)c3cc(Cl)ccc32)c(C)c1. The van der Waals surface area contributed by atoms with Crippen LogP contribution in [0.2, 0.25) is 5.02 Å². The molecule has 1 N–H and O–H groups in total. The number of fused-ring (bicyclic) bond motifs is 1. The van der Waals surface area contributed by atoms with E-state index in [2.05, 4.69) is 5.32 Å². The van der Waals surface area contributed by atoms with Crippen molar-refractivity contribution >= 4 is 29.1 Å². The molecule has 2 amide bonds. The third-order valence-corrected chi connectivity index (χ3v) is 6.62. The molecule has 2 aromatic rings. The number of hydrogen-bond acceptors (Lipinski definition) is 2. The number of amides is 2. The second-order valence-corrected chi connectivity index (χ2v) is 9.31. The number of rotatable bonds is 5. The minimum Gasteiger partial charge on any atom is -0.319 e. The van der Waals surface area contributed by atoms with Crippen molar-refractivity contribution in [3.63, 3.8) is 0 Å². The summed E-state index contributed by atoms with van der Waals surface area (Å²) in [6.07, 6.45) is -4.55. The average Bonchev–Trinajstić information content (AvgIpc) is 3.51. The number of anilines is 1. The first-order valence-corrected chi connectivity index (χ1v) is 10.9. The summed E-state index contributed by atoms with van der Waals surface area (Å²) in [6, 6.07) is 7.16. The van der Waals surface area contributed by atoms with E-state index < -0.39 is 30.0 Å². The molecule has 2 aromatic carbocycles. The Hall–Kier alpha value is -2.54. The summed E-state index contributed by atoms with van der Waals surface area (Å²) in [5.74, 6) is -0.864. The van der Waals surface area contributed by atoms with Gasteiger partial charge in [-0.05, 0) is 68.5 Å². The summed E-state index contributed by atoms with van der Waals surface area (Å²) < 4.78 is 43.6. The first-order valence-electron chi connectivity index (χ1n) is 10.5. The molecule has 4 nitrogen and oxygen atoms in total. The van der Waals surface area contributed by atoms with Crippen molar-refractivity contribution in [1.82, 2.24) is 5.32 Å². The fourth-order valence-electron chi connectivity index (χ4n) is 4.56. The lowest BCUT2D eigenvalue weighted by molar-refractivity contribution is -0.201. The molecule has 1 heterocycles. The van der Waals surface area contributed by atoms with Gasteiger partial charge in [-0.2, -0.15) is 13.2 Å². The minimum absolute atomic E-state index is 0.100. The summed E-state index contributed by atoms with van der Waals surface area (Å²) in [7, 11) is 0. The van der Waals surface area contributed by atoms with Gasteiger partial charge in [0.25, 0.3) is 0 Å². The predicted octanol–water partition coefficient (Wildman–Crippen LogP) is 6.12. The van der Waals surface area contributed by atoms with Gasteiger partial charge < -0.3 is 5.32 Å². The zero-order valence-electron chi connectivity index (χ0n) is 18.1. The average molecular weight is 465 g/mol. The molecule has 1 atom stereocenters. The number of urea groups is 1. The lowest BCUT2D eigenvalue weighted by atomic mass is 9.80. The normalized spacial score (nSPS) is 20.7. The van der Waals surface area contributed by atoms with Gasteiger partial charge in [-0.25, -0.2) is 4.79 Å². The second-order valence-electron chi connectivity index (χ2n) is 8.88. The van der Waals surface area contributed by atoms with Crippen molar-refractivity contribution < 1.29 is 22.8 Å². The van der Waals surface area contributed by atoms with Crippen LogP contribution in [0.1, 0.15) is 47.1 Å². The smallest absolute Gasteiger partial charge is 0.319 e. The van der Waals surface area contributed by atoms with Crippen LogP contribution in [-0.4, -0.2) is 18.0 Å². The van der Waals surface area contributed by atoms with Crippen LogP contribution < -0.4 is 10.2 Å². The number of carbonyl (C=O) groups is 2. The van der Waals surface area contributed by atoms with Crippen LogP contribution in [0.15, 0.2) is 30.3 Å². The molecule has 0 spiro atoms. The van der Waals surface area contributed by atoms with Crippen LogP contribution in [0.25, 0.3) is 0 Å². The van der Waals surface area contributed by atoms with Crippen LogP contribution in [0.5, 0.6) is 0 Å². The van der Waals surface area contributed by atoms with E-state index in [9.17, 15) is 22.8 Å². The molecule has 1 aliphatic carbocycles. The van der Waals surface area contributed by atoms with Crippen molar-refractivity contribution in [2.45, 2.75) is 58.3 Å². The highest BCUT2D eigenvalue weighted by molar-refractivity contribution is 6.30. The van der Waals surface area contributed by atoms with Gasteiger partial charge in [0.2, 0.25) is 0 Å². The van der Waals surface area contributed by atoms with Gasteiger partial charge in [0.05, 0.1) is 12.2 Å². The van der Waals surface area contributed by atoms with Crippen molar-refractivity contribution in [1.29, 1.82) is 0 Å². The van der Waals surface area contributed by atoms with E-state index in [-0.39, 0.29) is 28.7 Å². The molecule has 2 aliphatic rings. The van der Waals surface area contributed by atoms with Crippen LogP contribution in [0, 0.1) is 26.7 Å². The maximum Gasteiger partial charge on any atom is 0.416 e. The van der Waals surface area contributed by atoms with Crippen LogP contribution in [0.3, 0.4) is 0 Å². The van der Waals surface area contributed by atoms with Crippen LogP contribution in [-0.2, 0) is 16.9 Å².